The van der Waals surface area contributed by atoms with Crippen molar-refractivity contribution in [3.8, 4) is 0 Å². The van der Waals surface area contributed by atoms with E-state index in [0.29, 0.717) is 19.4 Å². The van der Waals surface area contributed by atoms with E-state index in [1.54, 1.807) is 32.4 Å². The van der Waals surface area contributed by atoms with Gasteiger partial charge in [0.15, 0.2) is 0 Å². The average molecular weight is 785 g/mol. The molecule has 0 spiro atoms. The predicted molar refractivity (Wildman–Crippen MR) is 218 cm³/mol. The molecule has 2 heterocycles. The van der Waals surface area contributed by atoms with Gasteiger partial charge in [0.2, 0.25) is 23.6 Å². The predicted octanol–water partition coefficient (Wildman–Crippen LogP) is 5.19. The first kappa shape index (κ1) is 46.0. The summed E-state index contributed by atoms with van der Waals surface area (Å²) >= 11 is 1.51. The number of likely N-dealkylation sites (tertiary alicyclic amines) is 1. The van der Waals surface area contributed by atoms with Crippen LogP contribution in [0.4, 0.5) is 0 Å². The Labute approximate surface area is 334 Å². The van der Waals surface area contributed by atoms with Crippen LogP contribution in [0.25, 0.3) is 0 Å². The molecule has 0 bridgehead atoms. The van der Waals surface area contributed by atoms with E-state index >= 15 is 0 Å². The van der Waals surface area contributed by atoms with Crippen molar-refractivity contribution in [2.75, 3.05) is 41.9 Å². The summed E-state index contributed by atoms with van der Waals surface area (Å²) in [6, 6.07) is 7.83. The number of thiazole rings is 1. The fourth-order valence-corrected chi connectivity index (χ4v) is 8.86. The van der Waals surface area contributed by atoms with Gasteiger partial charge in [0.05, 0.1) is 48.7 Å². The smallest absolute Gasteiger partial charge is 0.245 e. The van der Waals surface area contributed by atoms with Crippen LogP contribution in [0.5, 0.6) is 0 Å². The summed E-state index contributed by atoms with van der Waals surface area (Å²) in [5.74, 6) is -1.35. The SMILES string of the molecule is CCC(C)C(C(CC(=O)N1CCC[C@H]1C(OC)C(C)C(=O)NC(Cc1ccccc1)c1nccs1)OC)N(C)C(=O)C(NC(=O)C(C(C)C)N(C)C)C(C)C. The van der Waals surface area contributed by atoms with Gasteiger partial charge < -0.3 is 29.9 Å². The summed E-state index contributed by atoms with van der Waals surface area (Å²) < 4.78 is 12.1. The molecule has 308 valence electrons. The fourth-order valence-electron chi connectivity index (χ4n) is 8.17. The molecule has 0 saturated carbocycles. The molecule has 2 N–H and O–H groups in total. The van der Waals surface area contributed by atoms with Gasteiger partial charge in [-0.1, -0.05) is 85.2 Å². The molecule has 9 atom stereocenters. The number of amides is 4. The standard InChI is InChI=1S/C42H68N6O6S/c1-13-28(6)37(47(10)42(52)35(26(2)3)45-40(51)36(27(4)5)46(8)9)33(53-11)25-34(49)48-22-17-20-32(48)38(54-12)29(7)39(50)44-31(41-43-21-23-55-41)24-30-18-15-14-16-19-30/h14-16,18-19,21,23,26-29,31-33,35-38H,13,17,20,22,24-25H2,1-12H3,(H,44,50)(H,45,51)/t28?,29?,31?,32-,33?,35?,36?,37?,38?/m0/s1. The van der Waals surface area contributed by atoms with Gasteiger partial charge in [-0.3, -0.25) is 24.1 Å². The first-order chi connectivity index (χ1) is 26.1. The Morgan fingerprint density at radius 1 is 0.945 bits per heavy atom. The molecule has 2 aromatic rings. The van der Waals surface area contributed by atoms with E-state index in [2.05, 4.69) is 29.5 Å². The molecule has 1 fully saturated rings. The van der Waals surface area contributed by atoms with Gasteiger partial charge in [0.25, 0.3) is 0 Å². The zero-order valence-electron chi connectivity index (χ0n) is 35.3. The van der Waals surface area contributed by atoms with Crippen molar-refractivity contribution < 1.29 is 28.7 Å². The van der Waals surface area contributed by atoms with Gasteiger partial charge >= 0.3 is 0 Å². The number of carbonyl (C=O) groups is 4. The van der Waals surface area contributed by atoms with Gasteiger partial charge in [0, 0.05) is 39.4 Å². The maximum atomic E-state index is 14.3. The molecular weight excluding hydrogens is 717 g/mol. The van der Waals surface area contributed by atoms with E-state index in [-0.39, 0.29) is 65.9 Å². The quantitative estimate of drug-likeness (QED) is 0.177. The van der Waals surface area contributed by atoms with Gasteiger partial charge in [-0.25, -0.2) is 4.98 Å². The number of ether oxygens (including phenoxy) is 2. The van der Waals surface area contributed by atoms with Gasteiger partial charge in [-0.2, -0.15) is 0 Å². The molecule has 12 nitrogen and oxygen atoms in total. The van der Waals surface area contributed by atoms with Crippen LogP contribution in [0.3, 0.4) is 0 Å². The van der Waals surface area contributed by atoms with E-state index in [1.165, 1.54) is 11.3 Å². The molecule has 1 aliphatic heterocycles. The first-order valence-corrected chi connectivity index (χ1v) is 20.8. The second-order valence-electron chi connectivity index (χ2n) is 16.1. The highest BCUT2D eigenvalue weighted by molar-refractivity contribution is 7.09. The molecule has 1 saturated heterocycles. The number of benzene rings is 1. The number of carbonyl (C=O) groups excluding carboxylic acids is 4. The number of nitrogens with one attached hydrogen (secondary N) is 2. The van der Waals surface area contributed by atoms with Crippen molar-refractivity contribution >= 4 is 35.0 Å². The third kappa shape index (κ3) is 12.1. The van der Waals surface area contributed by atoms with Crippen molar-refractivity contribution in [1.82, 2.24) is 30.3 Å². The Bertz CT molecular complexity index is 1480. The minimum Gasteiger partial charge on any atom is -0.379 e. The van der Waals surface area contributed by atoms with Gasteiger partial charge in [0.1, 0.15) is 11.0 Å². The van der Waals surface area contributed by atoms with Gasteiger partial charge in [-0.05, 0) is 56.7 Å². The van der Waals surface area contributed by atoms with Crippen LogP contribution in [0.1, 0.15) is 90.8 Å². The molecule has 8 unspecified atom stereocenters. The molecular formula is C42H68N6O6S. The van der Waals surface area contributed by atoms with Crippen LogP contribution in [-0.2, 0) is 35.1 Å². The second-order valence-corrected chi connectivity index (χ2v) is 17.0. The number of hydrogen-bond donors (Lipinski definition) is 2. The lowest BCUT2D eigenvalue weighted by Crippen LogP contribution is -2.59. The zero-order valence-corrected chi connectivity index (χ0v) is 36.1. The topological polar surface area (TPSA) is 133 Å². The highest BCUT2D eigenvalue weighted by Gasteiger charge is 2.43. The molecule has 1 aliphatic rings. The van der Waals surface area contributed by atoms with Crippen LogP contribution in [-0.4, -0.2) is 122 Å². The summed E-state index contributed by atoms with van der Waals surface area (Å²) in [6.45, 7) is 14.3. The summed E-state index contributed by atoms with van der Waals surface area (Å²) in [6.07, 6.45) is 3.49. The molecule has 13 heteroatoms. The number of nitrogens with zero attached hydrogens (tertiary/aromatic N) is 4. The zero-order chi connectivity index (χ0) is 41.0. The second kappa shape index (κ2) is 21.8. The Morgan fingerprint density at radius 2 is 1.62 bits per heavy atom. The van der Waals surface area contributed by atoms with Crippen molar-refractivity contribution in [2.45, 2.75) is 123 Å². The molecule has 1 aromatic carbocycles. The molecule has 3 rings (SSSR count). The summed E-state index contributed by atoms with van der Waals surface area (Å²) in [5, 5.41) is 9.02. The minimum atomic E-state index is -0.751. The van der Waals surface area contributed by atoms with Crippen molar-refractivity contribution in [3.63, 3.8) is 0 Å². The molecule has 55 heavy (non-hydrogen) atoms. The van der Waals surface area contributed by atoms with Crippen molar-refractivity contribution in [3.05, 3.63) is 52.5 Å². The number of hydrogen-bond acceptors (Lipinski definition) is 9. The molecule has 0 aliphatic carbocycles. The monoisotopic (exact) mass is 784 g/mol. The third-order valence-corrected chi connectivity index (χ3v) is 12.2. The lowest BCUT2D eigenvalue weighted by Gasteiger charge is -2.41. The third-order valence-electron chi connectivity index (χ3n) is 11.3. The Morgan fingerprint density at radius 3 is 2.15 bits per heavy atom. The summed E-state index contributed by atoms with van der Waals surface area (Å²) in [5.41, 5.74) is 1.09. The van der Waals surface area contributed by atoms with E-state index in [1.807, 2.05) is 94.2 Å². The lowest BCUT2D eigenvalue weighted by atomic mass is 9.89. The fraction of sp³-hybridized carbons (Fsp3) is 0.690. The van der Waals surface area contributed by atoms with E-state index in [0.717, 1.165) is 23.4 Å². The van der Waals surface area contributed by atoms with Crippen LogP contribution in [0.2, 0.25) is 0 Å². The Balaban J connectivity index is 1.79. The summed E-state index contributed by atoms with van der Waals surface area (Å²) in [7, 11) is 8.66. The Kier molecular flexibility index (Phi) is 18.2. The normalized spacial score (nSPS) is 19.0. The maximum Gasteiger partial charge on any atom is 0.245 e. The highest BCUT2D eigenvalue weighted by Crippen LogP contribution is 2.30. The lowest BCUT2D eigenvalue weighted by molar-refractivity contribution is -0.148. The number of methoxy groups -OCH3 is 2. The minimum absolute atomic E-state index is 0.00751. The van der Waals surface area contributed by atoms with Gasteiger partial charge in [-0.15, -0.1) is 11.3 Å². The average Bonchev–Trinajstić information content (AvgIpc) is 3.87. The molecule has 1 aromatic heterocycles. The van der Waals surface area contributed by atoms with Crippen LogP contribution < -0.4 is 10.6 Å². The van der Waals surface area contributed by atoms with E-state index in [4.69, 9.17) is 9.47 Å². The Hall–Kier alpha value is -3.39. The number of rotatable bonds is 21. The number of aromatic nitrogens is 1. The molecule has 0 radical (unpaired) electrons. The van der Waals surface area contributed by atoms with Crippen molar-refractivity contribution in [2.24, 2.45) is 23.7 Å². The van der Waals surface area contributed by atoms with Crippen LogP contribution in [0.15, 0.2) is 41.9 Å². The first-order valence-electron chi connectivity index (χ1n) is 19.9. The van der Waals surface area contributed by atoms with E-state index < -0.39 is 30.2 Å². The highest BCUT2D eigenvalue weighted by atomic mass is 32.1. The van der Waals surface area contributed by atoms with Crippen LogP contribution in [0, 0.1) is 23.7 Å². The number of likely N-dealkylation sites (N-methyl/N-ethyl adjacent to an activating group) is 2. The van der Waals surface area contributed by atoms with E-state index in [9.17, 15) is 19.2 Å². The van der Waals surface area contributed by atoms with Crippen LogP contribution >= 0.6 is 11.3 Å². The summed E-state index contributed by atoms with van der Waals surface area (Å²) in [4.78, 5) is 65.8. The molecule has 4 amide bonds. The van der Waals surface area contributed by atoms with Crippen molar-refractivity contribution in [1.29, 1.82) is 0 Å². The largest absolute Gasteiger partial charge is 0.379 e. The maximum absolute atomic E-state index is 14.3.